The average Bonchev–Trinajstić information content (AvgIpc) is 3.12. The average molecular weight is 521 g/mol. The monoisotopic (exact) mass is 520 g/mol. The minimum atomic E-state index is 0.0855. The maximum Gasteiger partial charge on any atom is 0.253 e. The van der Waals surface area contributed by atoms with Crippen molar-refractivity contribution < 1.29 is 4.79 Å². The van der Waals surface area contributed by atoms with E-state index >= 15 is 0 Å². The Balaban J connectivity index is 1.41. The molecule has 0 unspecified atom stereocenters. The van der Waals surface area contributed by atoms with Crippen molar-refractivity contribution in [1.82, 2.24) is 14.9 Å². The Bertz CT molecular complexity index is 1300. The lowest BCUT2D eigenvalue weighted by atomic mass is 10.1. The van der Waals surface area contributed by atoms with Crippen molar-refractivity contribution >= 4 is 49.2 Å². The summed E-state index contributed by atoms with van der Waals surface area (Å²) in [7, 11) is 0. The van der Waals surface area contributed by atoms with E-state index in [0.29, 0.717) is 19.5 Å². The Morgan fingerprint density at radius 2 is 1.67 bits per heavy atom. The molecule has 1 saturated heterocycles. The zero-order valence-corrected chi connectivity index (χ0v) is 21.1. The van der Waals surface area contributed by atoms with Crippen LogP contribution in [-0.2, 0) is 6.42 Å². The zero-order chi connectivity index (χ0) is 22.9. The van der Waals surface area contributed by atoms with Crippen LogP contribution in [0.2, 0.25) is 0 Å². The van der Waals surface area contributed by atoms with Gasteiger partial charge in [-0.2, -0.15) is 0 Å². The number of aromatic nitrogens is 2. The molecule has 0 aliphatic carbocycles. The summed E-state index contributed by atoms with van der Waals surface area (Å²) in [6, 6.07) is 17.9. The fraction of sp³-hybridized carbons (Fsp3) is 0.269. The molecule has 1 aliphatic rings. The number of aryl methyl sites for hydroxylation is 2. The summed E-state index contributed by atoms with van der Waals surface area (Å²) < 4.78 is 0.976. The summed E-state index contributed by atoms with van der Waals surface area (Å²) in [5.74, 6) is 1.93. The molecule has 4 aromatic rings. The van der Waals surface area contributed by atoms with E-state index in [9.17, 15) is 4.79 Å². The molecule has 1 aliphatic heterocycles. The van der Waals surface area contributed by atoms with Crippen LogP contribution in [0.25, 0.3) is 10.2 Å². The summed E-state index contributed by atoms with van der Waals surface area (Å²) in [5, 5.41) is 1.15. The first-order valence-electron chi connectivity index (χ1n) is 11.1. The highest BCUT2D eigenvalue weighted by Crippen LogP contribution is 2.35. The smallest absolute Gasteiger partial charge is 0.253 e. The molecular weight excluding hydrogens is 496 g/mol. The van der Waals surface area contributed by atoms with E-state index in [-0.39, 0.29) is 5.91 Å². The zero-order valence-electron chi connectivity index (χ0n) is 18.7. The van der Waals surface area contributed by atoms with Gasteiger partial charge in [-0.15, -0.1) is 11.3 Å². The molecule has 2 aromatic heterocycles. The standard InChI is InChI=1S/C26H25BrN4OS/c1-17-18(2)33-25-23(17)24(28-22(29-25)16-19-6-4-3-5-7-19)30-12-14-31(15-13-30)26(32)20-8-10-21(27)11-9-20/h3-11H,12-16H2,1-2H3. The van der Waals surface area contributed by atoms with Crippen molar-refractivity contribution in [2.75, 3.05) is 31.1 Å². The second-order valence-electron chi connectivity index (χ2n) is 8.38. The number of piperazine rings is 1. The van der Waals surface area contributed by atoms with E-state index in [1.807, 2.05) is 35.2 Å². The number of thiophene rings is 1. The normalized spacial score (nSPS) is 14.2. The first-order chi connectivity index (χ1) is 16.0. The Morgan fingerprint density at radius 1 is 0.970 bits per heavy atom. The minimum Gasteiger partial charge on any atom is -0.352 e. The van der Waals surface area contributed by atoms with E-state index in [4.69, 9.17) is 9.97 Å². The van der Waals surface area contributed by atoms with Gasteiger partial charge >= 0.3 is 0 Å². The summed E-state index contributed by atoms with van der Waals surface area (Å²) in [6.45, 7) is 7.18. The van der Waals surface area contributed by atoms with Gasteiger partial charge < -0.3 is 9.80 Å². The van der Waals surface area contributed by atoms with Crippen LogP contribution in [0.15, 0.2) is 59.1 Å². The first-order valence-corrected chi connectivity index (χ1v) is 12.7. The molecule has 5 rings (SSSR count). The Hall–Kier alpha value is -2.77. The molecule has 0 N–H and O–H groups in total. The molecule has 1 amide bonds. The molecule has 3 heterocycles. The van der Waals surface area contributed by atoms with Gasteiger partial charge in [0.2, 0.25) is 0 Å². The van der Waals surface area contributed by atoms with Gasteiger partial charge in [-0.1, -0.05) is 46.3 Å². The van der Waals surface area contributed by atoms with Crippen molar-refractivity contribution in [2.45, 2.75) is 20.3 Å². The molecule has 7 heteroatoms. The molecule has 33 heavy (non-hydrogen) atoms. The van der Waals surface area contributed by atoms with Crippen molar-refractivity contribution in [1.29, 1.82) is 0 Å². The quantitative estimate of drug-likeness (QED) is 0.350. The van der Waals surface area contributed by atoms with Crippen molar-refractivity contribution in [3.63, 3.8) is 0 Å². The summed E-state index contributed by atoms with van der Waals surface area (Å²) in [6.07, 6.45) is 0.710. The maximum absolute atomic E-state index is 12.9. The second-order valence-corrected chi connectivity index (χ2v) is 10.5. The largest absolute Gasteiger partial charge is 0.352 e. The number of carbonyl (C=O) groups is 1. The second kappa shape index (κ2) is 9.23. The molecule has 0 bridgehead atoms. The topological polar surface area (TPSA) is 49.3 Å². The number of carbonyl (C=O) groups excluding carboxylic acids is 1. The number of halogens is 1. The number of hydrogen-bond acceptors (Lipinski definition) is 5. The van der Waals surface area contributed by atoms with E-state index in [1.165, 1.54) is 16.0 Å². The molecule has 0 atom stereocenters. The van der Waals surface area contributed by atoms with Crippen LogP contribution in [0.4, 0.5) is 5.82 Å². The lowest BCUT2D eigenvalue weighted by molar-refractivity contribution is 0.0746. The van der Waals surface area contributed by atoms with Gasteiger partial charge in [0.05, 0.1) is 5.39 Å². The number of anilines is 1. The Morgan fingerprint density at radius 3 is 2.36 bits per heavy atom. The van der Waals surface area contributed by atoms with Crippen molar-refractivity contribution in [2.24, 2.45) is 0 Å². The summed E-state index contributed by atoms with van der Waals surface area (Å²) in [5.41, 5.74) is 3.19. The molecule has 168 valence electrons. The van der Waals surface area contributed by atoms with E-state index in [1.54, 1.807) is 11.3 Å². The van der Waals surface area contributed by atoms with Crippen LogP contribution in [0.1, 0.15) is 32.2 Å². The number of fused-ring (bicyclic) bond motifs is 1. The molecule has 0 spiro atoms. The molecular formula is C26H25BrN4OS. The van der Waals surface area contributed by atoms with E-state index in [0.717, 1.165) is 45.0 Å². The minimum absolute atomic E-state index is 0.0855. The van der Waals surface area contributed by atoms with Crippen LogP contribution >= 0.6 is 27.3 Å². The summed E-state index contributed by atoms with van der Waals surface area (Å²) in [4.78, 5) is 29.5. The van der Waals surface area contributed by atoms with Gasteiger partial charge in [-0.05, 0) is 49.2 Å². The highest BCUT2D eigenvalue weighted by Gasteiger charge is 2.26. The predicted octanol–water partition coefficient (Wildman–Crippen LogP) is 5.62. The molecule has 5 nitrogen and oxygen atoms in total. The lowest BCUT2D eigenvalue weighted by Crippen LogP contribution is -2.49. The SMILES string of the molecule is Cc1sc2nc(Cc3ccccc3)nc(N3CCN(C(=O)c4ccc(Br)cc4)CC3)c2c1C. The van der Waals surface area contributed by atoms with E-state index in [2.05, 4.69) is 58.9 Å². The van der Waals surface area contributed by atoms with Crippen LogP contribution < -0.4 is 4.90 Å². The van der Waals surface area contributed by atoms with Gasteiger partial charge in [0.15, 0.2) is 0 Å². The van der Waals surface area contributed by atoms with Crippen LogP contribution in [0.3, 0.4) is 0 Å². The lowest BCUT2D eigenvalue weighted by Gasteiger charge is -2.36. The fourth-order valence-corrected chi connectivity index (χ4v) is 5.56. The third-order valence-corrected chi connectivity index (χ3v) is 7.85. The maximum atomic E-state index is 12.9. The first kappa shape index (κ1) is 22.0. The van der Waals surface area contributed by atoms with Crippen LogP contribution in [0, 0.1) is 13.8 Å². The number of hydrogen-bond donors (Lipinski definition) is 0. The van der Waals surface area contributed by atoms with Gasteiger partial charge in [0, 0.05) is 47.5 Å². The molecule has 2 aromatic carbocycles. The van der Waals surface area contributed by atoms with Gasteiger partial charge in [0.25, 0.3) is 5.91 Å². The molecule has 1 fully saturated rings. The van der Waals surface area contributed by atoms with Gasteiger partial charge in [0.1, 0.15) is 16.5 Å². The van der Waals surface area contributed by atoms with Gasteiger partial charge in [-0.3, -0.25) is 4.79 Å². The number of amides is 1. The predicted molar refractivity (Wildman–Crippen MR) is 138 cm³/mol. The highest BCUT2D eigenvalue weighted by atomic mass is 79.9. The highest BCUT2D eigenvalue weighted by molar-refractivity contribution is 9.10. The van der Waals surface area contributed by atoms with Crippen molar-refractivity contribution in [3.8, 4) is 0 Å². The third-order valence-electron chi connectivity index (χ3n) is 6.22. The van der Waals surface area contributed by atoms with E-state index < -0.39 is 0 Å². The van der Waals surface area contributed by atoms with Crippen LogP contribution in [0.5, 0.6) is 0 Å². The number of nitrogens with zero attached hydrogens (tertiary/aromatic N) is 4. The van der Waals surface area contributed by atoms with Gasteiger partial charge in [-0.25, -0.2) is 9.97 Å². The third kappa shape index (κ3) is 4.52. The Labute approximate surface area is 206 Å². The van der Waals surface area contributed by atoms with Crippen LogP contribution in [-0.4, -0.2) is 47.0 Å². The Kier molecular flexibility index (Phi) is 6.17. The number of benzene rings is 2. The number of rotatable bonds is 4. The molecule has 0 radical (unpaired) electrons. The summed E-state index contributed by atoms with van der Waals surface area (Å²) >= 11 is 5.17. The molecule has 0 saturated carbocycles. The fourth-order valence-electron chi connectivity index (χ4n) is 4.25. The van der Waals surface area contributed by atoms with Crippen molar-refractivity contribution in [3.05, 3.63) is 86.5 Å².